The number of pyridine rings is 1. The third-order valence-corrected chi connectivity index (χ3v) is 3.32. The Morgan fingerprint density at radius 2 is 1.86 bits per heavy atom. The summed E-state index contributed by atoms with van der Waals surface area (Å²) in [6, 6.07) is 1.85. The van der Waals surface area contributed by atoms with E-state index >= 15 is 0 Å². The predicted octanol–water partition coefficient (Wildman–Crippen LogP) is 4.03. The number of nitrogens with one attached hydrogen (secondary N) is 1. The van der Waals surface area contributed by atoms with Gasteiger partial charge in [0, 0.05) is 30.3 Å². The van der Waals surface area contributed by atoms with E-state index < -0.39 is 0 Å². The Balaban J connectivity index is 3.09. The van der Waals surface area contributed by atoms with Crippen molar-refractivity contribution < 1.29 is 4.79 Å². The van der Waals surface area contributed by atoms with E-state index in [1.165, 1.54) is 0 Å². The minimum Gasteiger partial charge on any atom is -0.370 e. The number of hydrogen-bond acceptors (Lipinski definition) is 3. The Kier molecular flexibility index (Phi) is 7.15. The van der Waals surface area contributed by atoms with Crippen molar-refractivity contribution in [3.63, 3.8) is 0 Å². The third kappa shape index (κ3) is 5.65. The standard InChI is InChI=1S/C16H26BrN3O/c1-6-18-15-14(7-13(17)8-19-15)16(21)20(9-11(2)3)10-12(4)5/h7-8,11-12H,6,9-10H2,1-5H3,(H,18,19). The lowest BCUT2D eigenvalue weighted by Crippen LogP contribution is -2.37. The van der Waals surface area contributed by atoms with Crippen LogP contribution in [0.1, 0.15) is 45.0 Å². The number of nitrogens with zero attached hydrogens (tertiary/aromatic N) is 2. The molecule has 0 spiro atoms. The molecular weight excluding hydrogens is 330 g/mol. The molecular formula is C16H26BrN3O. The van der Waals surface area contributed by atoms with Crippen molar-refractivity contribution in [1.29, 1.82) is 0 Å². The van der Waals surface area contributed by atoms with Gasteiger partial charge in [-0.2, -0.15) is 0 Å². The van der Waals surface area contributed by atoms with Gasteiger partial charge in [-0.1, -0.05) is 27.7 Å². The van der Waals surface area contributed by atoms with Crippen LogP contribution in [0.3, 0.4) is 0 Å². The molecule has 4 nitrogen and oxygen atoms in total. The van der Waals surface area contributed by atoms with Gasteiger partial charge in [0.15, 0.2) is 0 Å². The molecule has 118 valence electrons. The molecule has 1 heterocycles. The summed E-state index contributed by atoms with van der Waals surface area (Å²) >= 11 is 3.41. The molecule has 0 unspecified atom stereocenters. The van der Waals surface area contributed by atoms with E-state index in [0.717, 1.165) is 24.1 Å². The van der Waals surface area contributed by atoms with E-state index in [4.69, 9.17) is 0 Å². The van der Waals surface area contributed by atoms with Gasteiger partial charge in [0.05, 0.1) is 5.56 Å². The average molecular weight is 356 g/mol. The molecule has 0 radical (unpaired) electrons. The summed E-state index contributed by atoms with van der Waals surface area (Å²) in [7, 11) is 0. The van der Waals surface area contributed by atoms with Crippen molar-refractivity contribution in [2.24, 2.45) is 11.8 Å². The second kappa shape index (κ2) is 8.37. The number of aromatic nitrogens is 1. The third-order valence-electron chi connectivity index (χ3n) is 2.89. The SMILES string of the molecule is CCNc1ncc(Br)cc1C(=O)N(CC(C)C)CC(C)C. The molecule has 0 atom stereocenters. The van der Waals surface area contributed by atoms with Crippen LogP contribution in [0.5, 0.6) is 0 Å². The number of rotatable bonds is 7. The number of amides is 1. The molecule has 5 heteroatoms. The highest BCUT2D eigenvalue weighted by Gasteiger charge is 2.21. The zero-order valence-electron chi connectivity index (χ0n) is 13.6. The molecule has 1 amide bonds. The van der Waals surface area contributed by atoms with Crippen molar-refractivity contribution in [3.8, 4) is 0 Å². The predicted molar refractivity (Wildman–Crippen MR) is 91.7 cm³/mol. The number of carbonyl (C=O) groups excluding carboxylic acids is 1. The van der Waals surface area contributed by atoms with E-state index in [2.05, 4.69) is 53.9 Å². The van der Waals surface area contributed by atoms with Gasteiger partial charge >= 0.3 is 0 Å². The fourth-order valence-corrected chi connectivity index (χ4v) is 2.53. The minimum absolute atomic E-state index is 0.0437. The molecule has 0 saturated heterocycles. The van der Waals surface area contributed by atoms with Crippen LogP contribution >= 0.6 is 15.9 Å². The van der Waals surface area contributed by atoms with Crippen LogP contribution in [0.4, 0.5) is 5.82 Å². The van der Waals surface area contributed by atoms with Gasteiger partial charge in [0.25, 0.3) is 5.91 Å². The maximum atomic E-state index is 12.9. The fraction of sp³-hybridized carbons (Fsp3) is 0.625. The van der Waals surface area contributed by atoms with Gasteiger partial charge in [-0.3, -0.25) is 4.79 Å². The van der Waals surface area contributed by atoms with Crippen molar-refractivity contribution in [2.75, 3.05) is 25.0 Å². The number of carbonyl (C=O) groups is 1. The van der Waals surface area contributed by atoms with E-state index in [1.807, 2.05) is 17.9 Å². The molecule has 21 heavy (non-hydrogen) atoms. The van der Waals surface area contributed by atoms with Crippen LogP contribution in [-0.2, 0) is 0 Å². The van der Waals surface area contributed by atoms with Crippen molar-refractivity contribution in [2.45, 2.75) is 34.6 Å². The molecule has 0 aliphatic rings. The van der Waals surface area contributed by atoms with Crippen molar-refractivity contribution in [3.05, 3.63) is 22.3 Å². The monoisotopic (exact) mass is 355 g/mol. The normalized spacial score (nSPS) is 11.0. The highest BCUT2D eigenvalue weighted by atomic mass is 79.9. The van der Waals surface area contributed by atoms with Gasteiger partial charge < -0.3 is 10.2 Å². The van der Waals surface area contributed by atoms with Gasteiger partial charge in [-0.15, -0.1) is 0 Å². The lowest BCUT2D eigenvalue weighted by Gasteiger charge is -2.27. The summed E-state index contributed by atoms with van der Waals surface area (Å²) in [5.74, 6) is 1.58. The molecule has 0 saturated carbocycles. The highest BCUT2D eigenvalue weighted by molar-refractivity contribution is 9.10. The van der Waals surface area contributed by atoms with Crippen LogP contribution in [0.2, 0.25) is 0 Å². The summed E-state index contributed by atoms with van der Waals surface area (Å²) < 4.78 is 0.821. The first-order chi connectivity index (χ1) is 9.85. The van der Waals surface area contributed by atoms with Crippen LogP contribution in [0.25, 0.3) is 0 Å². The van der Waals surface area contributed by atoms with Crippen molar-refractivity contribution in [1.82, 2.24) is 9.88 Å². The zero-order chi connectivity index (χ0) is 16.0. The zero-order valence-corrected chi connectivity index (χ0v) is 15.2. The molecule has 1 N–H and O–H groups in total. The first-order valence-electron chi connectivity index (χ1n) is 7.53. The van der Waals surface area contributed by atoms with Crippen molar-refractivity contribution >= 4 is 27.7 Å². The maximum Gasteiger partial charge on any atom is 0.257 e. The molecule has 0 fully saturated rings. The lowest BCUT2D eigenvalue weighted by atomic mass is 10.1. The molecule has 1 aromatic heterocycles. The molecule has 0 aliphatic heterocycles. The summed E-state index contributed by atoms with van der Waals surface area (Å²) in [5.41, 5.74) is 0.632. The van der Waals surface area contributed by atoms with E-state index in [0.29, 0.717) is 23.2 Å². The van der Waals surface area contributed by atoms with E-state index in [-0.39, 0.29) is 5.91 Å². The first-order valence-corrected chi connectivity index (χ1v) is 8.33. The molecule has 0 aliphatic carbocycles. The van der Waals surface area contributed by atoms with Crippen LogP contribution in [0, 0.1) is 11.8 Å². The smallest absolute Gasteiger partial charge is 0.257 e. The Labute approximate surface area is 136 Å². The van der Waals surface area contributed by atoms with Gasteiger partial charge in [-0.05, 0) is 40.8 Å². The van der Waals surface area contributed by atoms with Gasteiger partial charge in [0.1, 0.15) is 5.82 Å². The quantitative estimate of drug-likeness (QED) is 0.802. The highest BCUT2D eigenvalue weighted by Crippen LogP contribution is 2.21. The summed E-state index contributed by atoms with van der Waals surface area (Å²) in [5, 5.41) is 3.17. The lowest BCUT2D eigenvalue weighted by molar-refractivity contribution is 0.0715. The van der Waals surface area contributed by atoms with Gasteiger partial charge in [0.2, 0.25) is 0 Å². The molecule has 1 rings (SSSR count). The summed E-state index contributed by atoms with van der Waals surface area (Å²) in [4.78, 5) is 19.1. The molecule has 0 bridgehead atoms. The first kappa shape index (κ1) is 18.0. The van der Waals surface area contributed by atoms with Crippen LogP contribution in [-0.4, -0.2) is 35.4 Å². The Bertz CT molecular complexity index is 465. The Hall–Kier alpha value is -1.10. The molecule has 0 aromatic carbocycles. The van der Waals surface area contributed by atoms with Crippen LogP contribution < -0.4 is 5.32 Å². The maximum absolute atomic E-state index is 12.9. The second-order valence-electron chi connectivity index (χ2n) is 6.08. The topological polar surface area (TPSA) is 45.2 Å². The molecule has 1 aromatic rings. The van der Waals surface area contributed by atoms with Crippen LogP contribution in [0.15, 0.2) is 16.7 Å². The Morgan fingerprint density at radius 3 is 2.33 bits per heavy atom. The minimum atomic E-state index is 0.0437. The second-order valence-corrected chi connectivity index (χ2v) is 6.99. The van der Waals surface area contributed by atoms with Gasteiger partial charge in [-0.25, -0.2) is 4.98 Å². The van der Waals surface area contributed by atoms with E-state index in [1.54, 1.807) is 6.20 Å². The summed E-state index contributed by atoms with van der Waals surface area (Å²) in [6.45, 7) is 12.8. The largest absolute Gasteiger partial charge is 0.370 e. The number of anilines is 1. The average Bonchev–Trinajstić information content (AvgIpc) is 2.38. The number of hydrogen-bond donors (Lipinski definition) is 1. The summed E-state index contributed by atoms with van der Waals surface area (Å²) in [6.07, 6.45) is 1.71. The fourth-order valence-electron chi connectivity index (χ4n) is 2.20. The Morgan fingerprint density at radius 1 is 1.29 bits per heavy atom. The van der Waals surface area contributed by atoms with E-state index in [9.17, 15) is 4.79 Å². The number of halogens is 1.